The van der Waals surface area contributed by atoms with E-state index >= 15 is 0 Å². The van der Waals surface area contributed by atoms with Crippen LogP contribution in [0.2, 0.25) is 5.02 Å². The standard InChI is InChI=1S/C20H22ClN3OS/c1-11-6-7-15-16(8-11)26-20-17(15)19(25)23-18(24-20)12(2)22-10-13-4-3-5-14(21)9-13/h3-5,9,11-12,22H,6-8,10H2,1-2H3,(H,23,24,25)/p+1/t11-,12+/m0/s1. The first-order chi connectivity index (χ1) is 12.5. The number of aromatic amines is 1. The molecule has 6 heteroatoms. The van der Waals surface area contributed by atoms with Gasteiger partial charge in [-0.3, -0.25) is 4.79 Å². The minimum absolute atomic E-state index is 0.0139. The molecular weight excluding hydrogens is 366 g/mol. The minimum atomic E-state index is 0.0139. The number of rotatable bonds is 4. The van der Waals surface area contributed by atoms with Crippen molar-refractivity contribution in [2.45, 2.75) is 45.7 Å². The predicted molar refractivity (Wildman–Crippen MR) is 107 cm³/mol. The average molecular weight is 389 g/mol. The lowest BCUT2D eigenvalue weighted by Gasteiger charge is -2.17. The first-order valence-corrected chi connectivity index (χ1v) is 10.3. The molecule has 2 aromatic heterocycles. The lowest BCUT2D eigenvalue weighted by Crippen LogP contribution is -2.83. The Labute approximate surface area is 161 Å². The minimum Gasteiger partial charge on any atom is -0.334 e. The van der Waals surface area contributed by atoms with Gasteiger partial charge in [0.25, 0.3) is 5.56 Å². The van der Waals surface area contributed by atoms with Crippen molar-refractivity contribution in [2.24, 2.45) is 5.92 Å². The molecule has 1 aliphatic carbocycles. The maximum absolute atomic E-state index is 12.7. The van der Waals surface area contributed by atoms with E-state index in [9.17, 15) is 4.79 Å². The van der Waals surface area contributed by atoms with Crippen molar-refractivity contribution >= 4 is 33.2 Å². The van der Waals surface area contributed by atoms with Crippen LogP contribution in [-0.2, 0) is 19.4 Å². The molecule has 2 heterocycles. The van der Waals surface area contributed by atoms with E-state index in [4.69, 9.17) is 16.6 Å². The first-order valence-electron chi connectivity index (χ1n) is 9.13. The summed E-state index contributed by atoms with van der Waals surface area (Å²) in [7, 11) is 0. The van der Waals surface area contributed by atoms with Crippen molar-refractivity contribution in [1.82, 2.24) is 9.97 Å². The van der Waals surface area contributed by atoms with Crippen LogP contribution in [0.4, 0.5) is 0 Å². The third-order valence-corrected chi connectivity index (χ3v) is 6.59. The maximum Gasteiger partial charge on any atom is 0.260 e. The van der Waals surface area contributed by atoms with Gasteiger partial charge in [0, 0.05) is 15.5 Å². The quantitative estimate of drug-likeness (QED) is 0.717. The van der Waals surface area contributed by atoms with Gasteiger partial charge in [-0.2, -0.15) is 0 Å². The number of hydrogen-bond acceptors (Lipinski definition) is 3. The highest BCUT2D eigenvalue weighted by Crippen LogP contribution is 2.35. The molecule has 26 heavy (non-hydrogen) atoms. The van der Waals surface area contributed by atoms with Gasteiger partial charge in [-0.05, 0) is 49.8 Å². The topological polar surface area (TPSA) is 62.4 Å². The van der Waals surface area contributed by atoms with Gasteiger partial charge in [0.05, 0.1) is 5.39 Å². The highest BCUT2D eigenvalue weighted by atomic mass is 35.5. The van der Waals surface area contributed by atoms with Gasteiger partial charge >= 0.3 is 0 Å². The van der Waals surface area contributed by atoms with E-state index in [-0.39, 0.29) is 11.6 Å². The van der Waals surface area contributed by atoms with Gasteiger partial charge in [-0.15, -0.1) is 11.3 Å². The second-order valence-corrected chi connectivity index (χ2v) is 8.86. The normalized spacial score (nSPS) is 18.0. The molecule has 1 aliphatic rings. The summed E-state index contributed by atoms with van der Waals surface area (Å²) in [6, 6.07) is 7.94. The summed E-state index contributed by atoms with van der Waals surface area (Å²) in [4.78, 5) is 22.8. The number of H-pyrrole nitrogens is 1. The van der Waals surface area contributed by atoms with Crippen molar-refractivity contribution in [1.29, 1.82) is 0 Å². The molecule has 3 N–H and O–H groups in total. The average Bonchev–Trinajstić information content (AvgIpc) is 2.97. The van der Waals surface area contributed by atoms with Gasteiger partial charge in [0.2, 0.25) is 0 Å². The summed E-state index contributed by atoms with van der Waals surface area (Å²) in [5.74, 6) is 1.44. The van der Waals surface area contributed by atoms with Crippen LogP contribution >= 0.6 is 22.9 Å². The first kappa shape index (κ1) is 17.7. The molecule has 1 aromatic carbocycles. The molecule has 0 bridgehead atoms. The number of nitrogens with two attached hydrogens (primary N) is 1. The number of aromatic nitrogens is 2. The highest BCUT2D eigenvalue weighted by Gasteiger charge is 2.24. The fraction of sp³-hybridized carbons (Fsp3) is 0.400. The van der Waals surface area contributed by atoms with Crippen molar-refractivity contribution < 1.29 is 5.32 Å². The monoisotopic (exact) mass is 388 g/mol. The summed E-state index contributed by atoms with van der Waals surface area (Å²) < 4.78 is 0. The molecule has 136 valence electrons. The Morgan fingerprint density at radius 1 is 1.46 bits per heavy atom. The van der Waals surface area contributed by atoms with Crippen molar-refractivity contribution in [3.05, 3.63) is 61.5 Å². The Kier molecular flexibility index (Phi) is 4.86. The molecule has 0 saturated carbocycles. The smallest absolute Gasteiger partial charge is 0.260 e. The zero-order valence-electron chi connectivity index (χ0n) is 15.0. The van der Waals surface area contributed by atoms with Crippen molar-refractivity contribution in [3.63, 3.8) is 0 Å². The van der Waals surface area contributed by atoms with Crippen LogP contribution in [0.5, 0.6) is 0 Å². The van der Waals surface area contributed by atoms with Crippen LogP contribution in [0.3, 0.4) is 0 Å². The van der Waals surface area contributed by atoms with Crippen LogP contribution in [0, 0.1) is 5.92 Å². The number of aryl methyl sites for hydroxylation is 1. The zero-order valence-corrected chi connectivity index (χ0v) is 16.6. The van der Waals surface area contributed by atoms with Crippen molar-refractivity contribution in [3.8, 4) is 0 Å². The molecule has 0 amide bonds. The van der Waals surface area contributed by atoms with E-state index in [1.54, 1.807) is 11.3 Å². The Hall–Kier alpha value is -1.69. The maximum atomic E-state index is 12.7. The van der Waals surface area contributed by atoms with E-state index in [1.807, 2.05) is 18.2 Å². The van der Waals surface area contributed by atoms with E-state index in [1.165, 1.54) is 10.4 Å². The number of nitrogens with one attached hydrogen (secondary N) is 1. The van der Waals surface area contributed by atoms with Gasteiger partial charge < -0.3 is 10.3 Å². The Bertz CT molecular complexity index is 1010. The Morgan fingerprint density at radius 2 is 2.31 bits per heavy atom. The Morgan fingerprint density at radius 3 is 3.12 bits per heavy atom. The van der Waals surface area contributed by atoms with Gasteiger partial charge in [-0.1, -0.05) is 30.7 Å². The van der Waals surface area contributed by atoms with Gasteiger partial charge in [0.1, 0.15) is 17.4 Å². The largest absolute Gasteiger partial charge is 0.334 e. The SMILES string of the molecule is C[C@H]1CCc2c(sc3nc([C@@H](C)[NH2+]Cc4cccc(Cl)c4)[nH]c(=O)c23)C1. The third kappa shape index (κ3) is 3.43. The van der Waals surface area contributed by atoms with E-state index in [2.05, 4.69) is 30.2 Å². The molecule has 0 aliphatic heterocycles. The van der Waals surface area contributed by atoms with Gasteiger partial charge in [-0.25, -0.2) is 4.98 Å². The summed E-state index contributed by atoms with van der Waals surface area (Å²) in [5, 5.41) is 3.74. The molecule has 0 spiro atoms. The lowest BCUT2D eigenvalue weighted by molar-refractivity contribution is -0.709. The van der Waals surface area contributed by atoms with E-state index in [0.29, 0.717) is 5.92 Å². The Balaban J connectivity index is 1.59. The second kappa shape index (κ2) is 7.14. The van der Waals surface area contributed by atoms with Crippen LogP contribution < -0.4 is 10.9 Å². The van der Waals surface area contributed by atoms with Crippen LogP contribution in [-0.4, -0.2) is 9.97 Å². The van der Waals surface area contributed by atoms with Crippen molar-refractivity contribution in [2.75, 3.05) is 0 Å². The van der Waals surface area contributed by atoms with Gasteiger partial charge in [0.15, 0.2) is 5.82 Å². The molecular formula is C20H23ClN3OS+. The van der Waals surface area contributed by atoms with Crippen LogP contribution in [0.25, 0.3) is 10.2 Å². The fourth-order valence-electron chi connectivity index (χ4n) is 3.67. The molecule has 4 rings (SSSR count). The number of hydrogen-bond donors (Lipinski definition) is 2. The number of halogens is 1. The number of nitrogens with zero attached hydrogens (tertiary/aromatic N) is 1. The van der Waals surface area contributed by atoms with E-state index < -0.39 is 0 Å². The summed E-state index contributed by atoms with van der Waals surface area (Å²) >= 11 is 7.75. The van der Waals surface area contributed by atoms with E-state index in [0.717, 1.165) is 52.4 Å². The number of fused-ring (bicyclic) bond motifs is 3. The lowest BCUT2D eigenvalue weighted by atomic mass is 9.89. The molecule has 0 fully saturated rings. The summed E-state index contributed by atoms with van der Waals surface area (Å²) in [5.41, 5.74) is 2.41. The molecule has 0 radical (unpaired) electrons. The molecule has 3 aromatic rings. The highest BCUT2D eigenvalue weighted by molar-refractivity contribution is 7.18. The number of thiophene rings is 1. The van der Waals surface area contributed by atoms with Crippen LogP contribution in [0.15, 0.2) is 29.1 Å². The predicted octanol–water partition coefficient (Wildman–Crippen LogP) is 3.59. The third-order valence-electron chi connectivity index (χ3n) is 5.21. The summed E-state index contributed by atoms with van der Waals surface area (Å²) in [6.45, 7) is 5.15. The summed E-state index contributed by atoms with van der Waals surface area (Å²) in [6.07, 6.45) is 3.22. The number of benzene rings is 1. The zero-order chi connectivity index (χ0) is 18.3. The molecule has 0 saturated heterocycles. The second-order valence-electron chi connectivity index (χ2n) is 7.34. The fourth-order valence-corrected chi connectivity index (χ4v) is 5.27. The van der Waals surface area contributed by atoms with Crippen LogP contribution in [0.1, 0.15) is 48.1 Å². The molecule has 2 atom stereocenters. The molecule has 4 nitrogen and oxygen atoms in total. The molecule has 0 unspecified atom stereocenters. The number of quaternary nitrogens is 1.